The molecule has 2 N–H and O–H groups in total. The average Bonchev–Trinajstić information content (AvgIpc) is 2.70. The Morgan fingerprint density at radius 1 is 1.47 bits per heavy atom. The molecule has 0 bridgehead atoms. The Kier molecular flexibility index (Phi) is 4.66. The Balaban J connectivity index is 3.18. The summed E-state index contributed by atoms with van der Waals surface area (Å²) >= 11 is 1.04. The zero-order valence-electron chi connectivity index (χ0n) is 10.6. The molecule has 1 rings (SSSR count). The SMILES string of the molecule is CNC(=O)c1cc(S(=O)(=O)N(C)CC(=O)O)c(C)s1. The lowest BCUT2D eigenvalue weighted by Crippen LogP contribution is -2.32. The molecule has 1 amide bonds. The van der Waals surface area contributed by atoms with Gasteiger partial charge in [-0.25, -0.2) is 8.42 Å². The lowest BCUT2D eigenvalue weighted by Gasteiger charge is -2.14. The highest BCUT2D eigenvalue weighted by Gasteiger charge is 2.27. The molecule has 0 atom stereocenters. The van der Waals surface area contributed by atoms with Gasteiger partial charge in [0.2, 0.25) is 10.0 Å². The van der Waals surface area contributed by atoms with Gasteiger partial charge in [-0.3, -0.25) is 9.59 Å². The summed E-state index contributed by atoms with van der Waals surface area (Å²) in [5.74, 6) is -1.62. The number of carbonyl (C=O) groups excluding carboxylic acids is 1. The van der Waals surface area contributed by atoms with Crippen LogP contribution in [0.4, 0.5) is 0 Å². The molecule has 106 valence electrons. The molecule has 0 spiro atoms. The van der Waals surface area contributed by atoms with E-state index in [-0.39, 0.29) is 15.7 Å². The minimum absolute atomic E-state index is 0.0418. The van der Waals surface area contributed by atoms with Crippen molar-refractivity contribution < 1.29 is 23.1 Å². The predicted molar refractivity (Wildman–Crippen MR) is 69.9 cm³/mol. The van der Waals surface area contributed by atoms with Gasteiger partial charge in [0.05, 0.1) is 9.77 Å². The topological polar surface area (TPSA) is 104 Å². The number of aliphatic carboxylic acids is 1. The van der Waals surface area contributed by atoms with Crippen LogP contribution in [0, 0.1) is 6.92 Å². The number of aryl methyl sites for hydroxylation is 1. The van der Waals surface area contributed by atoms with E-state index in [1.807, 2.05) is 0 Å². The summed E-state index contributed by atoms with van der Waals surface area (Å²) in [6.45, 7) is 0.936. The maximum atomic E-state index is 12.2. The van der Waals surface area contributed by atoms with Crippen molar-refractivity contribution in [2.45, 2.75) is 11.8 Å². The minimum atomic E-state index is -3.90. The molecule has 0 aliphatic rings. The number of nitrogens with one attached hydrogen (secondary N) is 1. The van der Waals surface area contributed by atoms with Gasteiger partial charge < -0.3 is 10.4 Å². The molecular formula is C10H14N2O5S2. The van der Waals surface area contributed by atoms with Crippen molar-refractivity contribution in [1.29, 1.82) is 0 Å². The lowest BCUT2D eigenvalue weighted by molar-refractivity contribution is -0.137. The van der Waals surface area contributed by atoms with E-state index in [1.165, 1.54) is 20.2 Å². The molecule has 0 aliphatic carbocycles. The highest BCUT2D eigenvalue weighted by molar-refractivity contribution is 7.89. The average molecular weight is 306 g/mol. The zero-order chi connectivity index (χ0) is 14.8. The Bertz CT molecular complexity index is 605. The molecule has 1 heterocycles. The van der Waals surface area contributed by atoms with Crippen LogP contribution in [0.15, 0.2) is 11.0 Å². The van der Waals surface area contributed by atoms with Crippen molar-refractivity contribution in [1.82, 2.24) is 9.62 Å². The molecule has 0 fully saturated rings. The summed E-state index contributed by atoms with van der Waals surface area (Å²) in [7, 11) is -1.28. The van der Waals surface area contributed by atoms with Crippen LogP contribution in [0.25, 0.3) is 0 Å². The highest BCUT2D eigenvalue weighted by Crippen LogP contribution is 2.27. The van der Waals surface area contributed by atoms with E-state index in [0.717, 1.165) is 15.6 Å². The fraction of sp³-hybridized carbons (Fsp3) is 0.400. The number of carboxylic acids is 1. The Labute approximate surface area is 114 Å². The van der Waals surface area contributed by atoms with Crippen LogP contribution < -0.4 is 5.32 Å². The normalized spacial score (nSPS) is 11.6. The van der Waals surface area contributed by atoms with Gasteiger partial charge in [0.15, 0.2) is 0 Å². The molecule has 1 aromatic heterocycles. The molecule has 9 heteroatoms. The van der Waals surface area contributed by atoms with Crippen LogP contribution in [0.1, 0.15) is 14.5 Å². The van der Waals surface area contributed by atoms with Gasteiger partial charge in [-0.1, -0.05) is 0 Å². The largest absolute Gasteiger partial charge is 0.480 e. The number of carbonyl (C=O) groups is 2. The van der Waals surface area contributed by atoms with E-state index in [4.69, 9.17) is 5.11 Å². The monoisotopic (exact) mass is 306 g/mol. The number of rotatable bonds is 5. The van der Waals surface area contributed by atoms with Gasteiger partial charge in [0.25, 0.3) is 5.91 Å². The molecule has 0 saturated carbocycles. The number of sulfonamides is 1. The van der Waals surface area contributed by atoms with Crippen molar-refractivity contribution in [3.05, 3.63) is 15.8 Å². The molecule has 0 saturated heterocycles. The number of hydrogen-bond donors (Lipinski definition) is 2. The quantitative estimate of drug-likeness (QED) is 0.804. The first-order chi connectivity index (χ1) is 8.70. The summed E-state index contributed by atoms with van der Waals surface area (Å²) in [5.41, 5.74) is 0. The van der Waals surface area contributed by atoms with E-state index >= 15 is 0 Å². The van der Waals surface area contributed by atoms with Crippen LogP contribution in [0.3, 0.4) is 0 Å². The van der Waals surface area contributed by atoms with Gasteiger partial charge in [0.1, 0.15) is 6.54 Å². The maximum absolute atomic E-state index is 12.2. The smallest absolute Gasteiger partial charge is 0.318 e. The summed E-state index contributed by atoms with van der Waals surface area (Å²) in [6, 6.07) is 1.26. The van der Waals surface area contributed by atoms with Crippen molar-refractivity contribution in [2.75, 3.05) is 20.6 Å². The molecule has 0 radical (unpaired) electrons. The standard InChI is InChI=1S/C10H14N2O5S2/c1-6-8(4-7(18-6)10(15)11-2)19(16,17)12(3)5-9(13)14/h4H,5H2,1-3H3,(H,11,15)(H,13,14). The second kappa shape index (κ2) is 5.68. The predicted octanol–water partition coefficient (Wildman–Crippen LogP) is 0.121. The molecule has 1 aromatic rings. The van der Waals surface area contributed by atoms with Crippen LogP contribution in [-0.2, 0) is 14.8 Å². The van der Waals surface area contributed by atoms with E-state index < -0.39 is 22.5 Å². The summed E-state index contributed by atoms with van der Waals surface area (Å²) < 4.78 is 25.0. The number of amides is 1. The number of thiophene rings is 1. The van der Waals surface area contributed by atoms with Crippen molar-refractivity contribution in [3.8, 4) is 0 Å². The Morgan fingerprint density at radius 2 is 2.05 bits per heavy atom. The second-order valence-corrected chi connectivity index (χ2v) is 7.03. The zero-order valence-corrected chi connectivity index (χ0v) is 12.3. The van der Waals surface area contributed by atoms with Crippen LogP contribution in [0.5, 0.6) is 0 Å². The van der Waals surface area contributed by atoms with Crippen molar-refractivity contribution >= 4 is 33.2 Å². The Morgan fingerprint density at radius 3 is 2.53 bits per heavy atom. The van der Waals surface area contributed by atoms with Gasteiger partial charge >= 0.3 is 5.97 Å². The molecule has 0 aromatic carbocycles. The van der Waals surface area contributed by atoms with Crippen molar-refractivity contribution in [2.24, 2.45) is 0 Å². The summed E-state index contributed by atoms with van der Waals surface area (Å²) in [5, 5.41) is 11.0. The van der Waals surface area contributed by atoms with Gasteiger partial charge in [0, 0.05) is 19.0 Å². The first-order valence-corrected chi connectivity index (χ1v) is 7.46. The molecule has 0 aliphatic heterocycles. The first-order valence-electron chi connectivity index (χ1n) is 5.20. The van der Waals surface area contributed by atoms with Crippen LogP contribution in [-0.4, -0.2) is 50.3 Å². The van der Waals surface area contributed by atoms with E-state index in [0.29, 0.717) is 4.88 Å². The minimum Gasteiger partial charge on any atom is -0.480 e. The lowest BCUT2D eigenvalue weighted by atomic mass is 10.4. The van der Waals surface area contributed by atoms with Crippen LogP contribution in [0.2, 0.25) is 0 Å². The van der Waals surface area contributed by atoms with E-state index in [9.17, 15) is 18.0 Å². The van der Waals surface area contributed by atoms with Gasteiger partial charge in [-0.15, -0.1) is 11.3 Å². The van der Waals surface area contributed by atoms with E-state index in [2.05, 4.69) is 5.32 Å². The number of hydrogen-bond acceptors (Lipinski definition) is 5. The first kappa shape index (κ1) is 15.6. The molecule has 7 nitrogen and oxygen atoms in total. The summed E-state index contributed by atoms with van der Waals surface area (Å²) in [4.78, 5) is 22.7. The van der Waals surface area contributed by atoms with Gasteiger partial charge in [-0.2, -0.15) is 4.31 Å². The second-order valence-electron chi connectivity index (χ2n) is 3.77. The molecular weight excluding hydrogens is 292 g/mol. The molecule has 19 heavy (non-hydrogen) atoms. The maximum Gasteiger partial charge on any atom is 0.318 e. The van der Waals surface area contributed by atoms with E-state index in [1.54, 1.807) is 6.92 Å². The summed E-state index contributed by atoms with van der Waals surface area (Å²) in [6.07, 6.45) is 0. The number of nitrogens with zero attached hydrogens (tertiary/aromatic N) is 1. The molecule has 0 unspecified atom stereocenters. The third kappa shape index (κ3) is 3.31. The van der Waals surface area contributed by atoms with Crippen LogP contribution >= 0.6 is 11.3 Å². The number of likely N-dealkylation sites (N-methyl/N-ethyl adjacent to an activating group) is 1. The fourth-order valence-corrected chi connectivity index (χ4v) is 4.02. The Hall–Kier alpha value is -1.45. The fourth-order valence-electron chi connectivity index (χ4n) is 1.40. The number of carboxylic acid groups (broad SMARTS) is 1. The third-order valence-electron chi connectivity index (χ3n) is 2.37. The van der Waals surface area contributed by atoms with Crippen molar-refractivity contribution in [3.63, 3.8) is 0 Å². The van der Waals surface area contributed by atoms with Gasteiger partial charge in [-0.05, 0) is 13.0 Å². The highest BCUT2D eigenvalue weighted by atomic mass is 32.2. The third-order valence-corrected chi connectivity index (χ3v) is 5.48.